The fourth-order valence-electron chi connectivity index (χ4n) is 3.18. The molecule has 1 amide bonds. The van der Waals surface area contributed by atoms with Gasteiger partial charge in [-0.1, -0.05) is 0 Å². The van der Waals surface area contributed by atoms with Crippen molar-refractivity contribution >= 4 is 22.5 Å². The Balaban J connectivity index is 1.54. The van der Waals surface area contributed by atoms with Gasteiger partial charge in [-0.3, -0.25) is 19.4 Å². The molecule has 1 aliphatic rings. The van der Waals surface area contributed by atoms with E-state index in [0.29, 0.717) is 19.0 Å². The predicted molar refractivity (Wildman–Crippen MR) is 102 cm³/mol. The zero-order chi connectivity index (χ0) is 18.8. The largest absolute Gasteiger partial charge is 0.379 e. The average molecular weight is 366 g/mol. The second-order valence-electron chi connectivity index (χ2n) is 6.70. The predicted octanol–water partition coefficient (Wildman–Crippen LogP) is 1.69. The fraction of sp³-hybridized carbons (Fsp3) is 0.368. The maximum absolute atomic E-state index is 12.6. The molecule has 0 aliphatic carbocycles. The van der Waals surface area contributed by atoms with Gasteiger partial charge < -0.3 is 10.1 Å². The molecule has 0 saturated carbocycles. The number of aromatic nitrogens is 4. The van der Waals surface area contributed by atoms with Crippen LogP contribution < -0.4 is 5.32 Å². The number of ether oxygens (including phenoxy) is 1. The van der Waals surface area contributed by atoms with E-state index in [0.717, 1.165) is 35.1 Å². The third-order valence-electron chi connectivity index (χ3n) is 4.83. The highest BCUT2D eigenvalue weighted by Crippen LogP contribution is 2.23. The van der Waals surface area contributed by atoms with Gasteiger partial charge in [0.2, 0.25) is 5.91 Å². The van der Waals surface area contributed by atoms with Crippen molar-refractivity contribution in [3.05, 3.63) is 36.9 Å². The van der Waals surface area contributed by atoms with Crippen LogP contribution in [0.25, 0.3) is 22.0 Å². The summed E-state index contributed by atoms with van der Waals surface area (Å²) in [7, 11) is 1.87. The standard InChI is InChI=1S/C19H22N6O2/c1-13(25-3-5-27-6-4-25)19(26)23-18-8-14-7-17(16-11-22-24(2)12-16)20-9-15(14)10-21-18/h7-13H,3-6H2,1-2H3,(H,21,23,26)/t13-/m0/s1. The number of morpholine rings is 1. The molecule has 0 spiro atoms. The van der Waals surface area contributed by atoms with Gasteiger partial charge in [0.1, 0.15) is 5.82 Å². The summed E-state index contributed by atoms with van der Waals surface area (Å²) in [6, 6.07) is 3.63. The number of carbonyl (C=O) groups is 1. The molecule has 8 nitrogen and oxygen atoms in total. The monoisotopic (exact) mass is 366 g/mol. The van der Waals surface area contributed by atoms with E-state index < -0.39 is 0 Å². The zero-order valence-corrected chi connectivity index (χ0v) is 15.4. The molecule has 1 atom stereocenters. The molecule has 0 aromatic carbocycles. The Morgan fingerprint density at radius 3 is 2.67 bits per heavy atom. The Labute approximate surface area is 157 Å². The van der Waals surface area contributed by atoms with Crippen LogP contribution in [0.2, 0.25) is 0 Å². The lowest BCUT2D eigenvalue weighted by Gasteiger charge is -2.31. The van der Waals surface area contributed by atoms with Crippen molar-refractivity contribution in [1.29, 1.82) is 0 Å². The van der Waals surface area contributed by atoms with Gasteiger partial charge in [0.05, 0.1) is 31.1 Å². The van der Waals surface area contributed by atoms with Crippen molar-refractivity contribution in [2.45, 2.75) is 13.0 Å². The number of anilines is 1. The summed E-state index contributed by atoms with van der Waals surface area (Å²) in [4.78, 5) is 23.5. The molecular formula is C19H22N6O2. The van der Waals surface area contributed by atoms with Crippen LogP contribution >= 0.6 is 0 Å². The van der Waals surface area contributed by atoms with E-state index >= 15 is 0 Å². The third kappa shape index (κ3) is 3.81. The first-order chi connectivity index (χ1) is 13.1. The average Bonchev–Trinajstić information content (AvgIpc) is 3.14. The van der Waals surface area contributed by atoms with E-state index in [9.17, 15) is 4.79 Å². The van der Waals surface area contributed by atoms with E-state index in [-0.39, 0.29) is 11.9 Å². The lowest BCUT2D eigenvalue weighted by atomic mass is 10.1. The zero-order valence-electron chi connectivity index (χ0n) is 15.4. The topological polar surface area (TPSA) is 85.2 Å². The minimum atomic E-state index is -0.227. The highest BCUT2D eigenvalue weighted by atomic mass is 16.5. The van der Waals surface area contributed by atoms with Crippen LogP contribution in [0.4, 0.5) is 5.82 Å². The molecule has 4 rings (SSSR count). The first kappa shape index (κ1) is 17.6. The van der Waals surface area contributed by atoms with Crippen LogP contribution in [0.3, 0.4) is 0 Å². The second kappa shape index (κ2) is 7.42. The summed E-state index contributed by atoms with van der Waals surface area (Å²) in [5, 5.41) is 9.00. The van der Waals surface area contributed by atoms with Crippen molar-refractivity contribution in [2.24, 2.45) is 7.05 Å². The van der Waals surface area contributed by atoms with E-state index in [1.54, 1.807) is 23.3 Å². The van der Waals surface area contributed by atoms with Crippen LogP contribution in [0, 0.1) is 0 Å². The quantitative estimate of drug-likeness (QED) is 0.756. The SMILES string of the molecule is C[C@@H](C(=O)Nc1cc2cc(-c3cnn(C)c3)ncc2cn1)N1CCOCC1. The number of aryl methyl sites for hydroxylation is 1. The highest BCUT2D eigenvalue weighted by molar-refractivity contribution is 5.96. The molecule has 1 N–H and O–H groups in total. The molecule has 0 radical (unpaired) electrons. The molecule has 8 heteroatoms. The van der Waals surface area contributed by atoms with Gasteiger partial charge in [0, 0.05) is 49.7 Å². The Bertz CT molecular complexity index is 964. The molecule has 1 fully saturated rings. The molecular weight excluding hydrogens is 344 g/mol. The number of nitrogens with one attached hydrogen (secondary N) is 1. The molecule has 0 unspecified atom stereocenters. The Kier molecular flexibility index (Phi) is 4.83. The first-order valence-corrected chi connectivity index (χ1v) is 8.97. The van der Waals surface area contributed by atoms with Gasteiger partial charge in [-0.15, -0.1) is 0 Å². The maximum Gasteiger partial charge on any atom is 0.242 e. The number of nitrogens with zero attached hydrogens (tertiary/aromatic N) is 5. The van der Waals surface area contributed by atoms with Crippen LogP contribution in [0.1, 0.15) is 6.92 Å². The summed E-state index contributed by atoms with van der Waals surface area (Å²) in [6.07, 6.45) is 7.21. The molecule has 27 heavy (non-hydrogen) atoms. The van der Waals surface area contributed by atoms with Crippen LogP contribution in [-0.4, -0.2) is 62.9 Å². The second-order valence-corrected chi connectivity index (χ2v) is 6.70. The number of hydrogen-bond acceptors (Lipinski definition) is 6. The van der Waals surface area contributed by atoms with Gasteiger partial charge in [-0.05, 0) is 24.4 Å². The van der Waals surface area contributed by atoms with E-state index in [1.165, 1.54) is 0 Å². The summed E-state index contributed by atoms with van der Waals surface area (Å²) < 4.78 is 7.09. The smallest absolute Gasteiger partial charge is 0.242 e. The Hall–Kier alpha value is -2.84. The van der Waals surface area contributed by atoms with Gasteiger partial charge in [0.15, 0.2) is 0 Å². The maximum atomic E-state index is 12.6. The van der Waals surface area contributed by atoms with Gasteiger partial charge in [0.25, 0.3) is 0 Å². The summed E-state index contributed by atoms with van der Waals surface area (Å²) >= 11 is 0. The number of pyridine rings is 2. The number of amides is 1. The van der Waals surface area contributed by atoms with E-state index in [1.807, 2.05) is 32.3 Å². The molecule has 4 heterocycles. The van der Waals surface area contributed by atoms with Crippen molar-refractivity contribution in [2.75, 3.05) is 31.6 Å². The first-order valence-electron chi connectivity index (χ1n) is 8.97. The Morgan fingerprint density at radius 2 is 1.93 bits per heavy atom. The molecule has 3 aromatic rings. The molecule has 140 valence electrons. The highest BCUT2D eigenvalue weighted by Gasteiger charge is 2.23. The summed E-state index contributed by atoms with van der Waals surface area (Å²) in [6.45, 7) is 4.76. The van der Waals surface area contributed by atoms with Gasteiger partial charge in [-0.25, -0.2) is 4.98 Å². The molecule has 1 aliphatic heterocycles. The van der Waals surface area contributed by atoms with Crippen molar-refractivity contribution in [3.8, 4) is 11.3 Å². The van der Waals surface area contributed by atoms with Crippen LogP contribution in [-0.2, 0) is 16.6 Å². The fourth-order valence-corrected chi connectivity index (χ4v) is 3.18. The minimum Gasteiger partial charge on any atom is -0.379 e. The van der Waals surface area contributed by atoms with E-state index in [4.69, 9.17) is 4.74 Å². The number of rotatable bonds is 4. The van der Waals surface area contributed by atoms with E-state index in [2.05, 4.69) is 25.3 Å². The van der Waals surface area contributed by atoms with Gasteiger partial charge in [-0.2, -0.15) is 5.10 Å². The minimum absolute atomic E-state index is 0.0645. The molecule has 3 aromatic heterocycles. The Morgan fingerprint density at radius 1 is 1.15 bits per heavy atom. The lowest BCUT2D eigenvalue weighted by molar-refractivity contribution is -0.122. The van der Waals surface area contributed by atoms with Crippen molar-refractivity contribution in [3.63, 3.8) is 0 Å². The van der Waals surface area contributed by atoms with Crippen LogP contribution in [0.5, 0.6) is 0 Å². The lowest BCUT2D eigenvalue weighted by Crippen LogP contribution is -2.47. The molecule has 1 saturated heterocycles. The summed E-state index contributed by atoms with van der Waals surface area (Å²) in [5.41, 5.74) is 1.78. The number of carbonyl (C=O) groups excluding carboxylic acids is 1. The third-order valence-corrected chi connectivity index (χ3v) is 4.83. The van der Waals surface area contributed by atoms with Crippen molar-refractivity contribution < 1.29 is 9.53 Å². The normalized spacial score (nSPS) is 16.4. The van der Waals surface area contributed by atoms with Gasteiger partial charge >= 0.3 is 0 Å². The van der Waals surface area contributed by atoms with Crippen molar-refractivity contribution in [1.82, 2.24) is 24.6 Å². The molecule has 0 bridgehead atoms. The number of fused-ring (bicyclic) bond motifs is 1. The van der Waals surface area contributed by atoms with Crippen LogP contribution in [0.15, 0.2) is 36.9 Å². The number of hydrogen-bond donors (Lipinski definition) is 1. The summed E-state index contributed by atoms with van der Waals surface area (Å²) in [5.74, 6) is 0.473.